The molecule has 5 aromatic rings. The summed E-state index contributed by atoms with van der Waals surface area (Å²) in [6.45, 7) is 0.866. The first-order chi connectivity index (χ1) is 27.6. The second kappa shape index (κ2) is 17.2. The molecule has 300 valence electrons. The van der Waals surface area contributed by atoms with Crippen LogP contribution < -0.4 is 16.7 Å². The van der Waals surface area contributed by atoms with Gasteiger partial charge < -0.3 is 4.74 Å². The van der Waals surface area contributed by atoms with Crippen molar-refractivity contribution in [2.75, 3.05) is 13.2 Å². The van der Waals surface area contributed by atoms with E-state index in [1.165, 1.54) is 0 Å². The van der Waals surface area contributed by atoms with Crippen LogP contribution in [0, 0.1) is 5.82 Å². The van der Waals surface area contributed by atoms with Crippen LogP contribution >= 0.6 is 23.4 Å². The molecule has 1 unspecified atom stereocenters. The number of amidine groups is 1. The van der Waals surface area contributed by atoms with Gasteiger partial charge >= 0.3 is 17.8 Å². The van der Waals surface area contributed by atoms with E-state index in [1.54, 1.807) is 6.92 Å². The first kappa shape index (κ1) is 41.6. The number of esters is 1. The van der Waals surface area contributed by atoms with Crippen molar-refractivity contribution in [1.29, 1.82) is 0 Å². The third kappa shape index (κ3) is 8.46. The molecule has 0 saturated carbocycles. The highest BCUT2D eigenvalue weighted by Crippen LogP contribution is 2.40. The Morgan fingerprint density at radius 1 is 0.879 bits per heavy atom. The number of halogens is 5. The summed E-state index contributed by atoms with van der Waals surface area (Å²) in [5, 5.41) is -1.78. The Balaban J connectivity index is 1.33. The maximum Gasteiger partial charge on any atom is 0.431 e. The van der Waals surface area contributed by atoms with Crippen LogP contribution in [0.25, 0.3) is 5.69 Å². The van der Waals surface area contributed by atoms with E-state index in [0.29, 0.717) is 22.8 Å². The number of thioether (sulfide) groups is 1. The number of rotatable bonds is 12. The number of aromatic nitrogens is 2. The molecule has 58 heavy (non-hydrogen) atoms. The summed E-state index contributed by atoms with van der Waals surface area (Å²) in [5.41, 5.74) is -2.46. The normalized spacial score (nSPS) is 15.2. The molecule has 1 saturated heterocycles. The highest BCUT2D eigenvalue weighted by Gasteiger charge is 2.43. The first-order valence-corrected chi connectivity index (χ1v) is 18.7. The fourth-order valence-corrected chi connectivity index (χ4v) is 7.59. The minimum atomic E-state index is -5.06. The average molecular weight is 838 g/mol. The quantitative estimate of drug-likeness (QED) is 0.0671. The maximum atomic E-state index is 15.3. The summed E-state index contributed by atoms with van der Waals surface area (Å²) in [4.78, 5) is 77.6. The minimum Gasteiger partial charge on any atom is -0.465 e. The summed E-state index contributed by atoms with van der Waals surface area (Å²) in [5.74, 6) is -3.55. The fraction of sp³-hybridized carbons (Fsp3) is 0.200. The standard InChI is InChI=1S/C40H32ClF4N5O7S/c1-3-56-35(53)23-49-36(54)31(21-33(51)47-57-39(24-13-7-4-8-14-24,25-15-9-5-10-16-25)26-17-11-6-12-18-26)58-37(49)46-29-20-30(28(42)19-27(29)41)50-34(52)22-32(40(43,44)45)48(2)38(50)55/h4-20,22,31H,3,21,23H2,1-2H3,(H,47,51)/b46-37-. The van der Waals surface area contributed by atoms with Crippen molar-refractivity contribution < 1.29 is 41.5 Å². The SMILES string of the molecule is CCOC(=O)CN1C(=O)C(CC(=O)NOC(c2ccccc2)(c2ccccc2)c2ccccc2)S/C1=N\c1cc(-n2c(=O)cc(C(F)(F)F)n(C)c2=O)c(F)cc1Cl. The molecule has 1 fully saturated rings. The zero-order chi connectivity index (χ0) is 41.8. The molecule has 6 rings (SSSR count). The Kier molecular flexibility index (Phi) is 12.3. The van der Waals surface area contributed by atoms with Crippen molar-refractivity contribution in [3.8, 4) is 5.69 Å². The lowest BCUT2D eigenvalue weighted by molar-refractivity contribution is -0.147. The first-order valence-electron chi connectivity index (χ1n) is 17.4. The second-order valence-corrected chi connectivity index (χ2v) is 14.2. The number of carbonyl (C=O) groups is 3. The Hall–Kier alpha value is -6.04. The van der Waals surface area contributed by atoms with Gasteiger partial charge in [0.05, 0.1) is 23.0 Å². The van der Waals surface area contributed by atoms with Crippen LogP contribution in [-0.2, 0) is 42.8 Å². The molecular weight excluding hydrogens is 806 g/mol. The number of amides is 2. The predicted molar refractivity (Wildman–Crippen MR) is 207 cm³/mol. The predicted octanol–water partition coefficient (Wildman–Crippen LogP) is 6.27. The molecule has 18 heteroatoms. The number of nitrogens with zero attached hydrogens (tertiary/aromatic N) is 4. The van der Waals surface area contributed by atoms with Gasteiger partial charge in [-0.1, -0.05) is 114 Å². The van der Waals surface area contributed by atoms with Gasteiger partial charge in [0.15, 0.2) is 10.8 Å². The van der Waals surface area contributed by atoms with Crippen molar-refractivity contribution in [2.45, 2.75) is 30.4 Å². The summed E-state index contributed by atoms with van der Waals surface area (Å²) in [6, 6.07) is 29.2. The number of carbonyl (C=O) groups excluding carboxylic acids is 3. The third-order valence-corrected chi connectivity index (χ3v) is 10.4. The van der Waals surface area contributed by atoms with E-state index in [2.05, 4.69) is 10.5 Å². The van der Waals surface area contributed by atoms with Crippen LogP contribution in [0.1, 0.15) is 35.7 Å². The molecule has 12 nitrogen and oxygen atoms in total. The van der Waals surface area contributed by atoms with Gasteiger partial charge in [-0.15, -0.1) is 0 Å². The Bertz CT molecular complexity index is 2400. The zero-order valence-electron chi connectivity index (χ0n) is 30.5. The molecule has 2 amide bonds. The number of nitrogens with one attached hydrogen (secondary N) is 1. The monoisotopic (exact) mass is 837 g/mol. The molecule has 1 aliphatic heterocycles. The molecule has 0 spiro atoms. The summed E-state index contributed by atoms with van der Waals surface area (Å²) in [6.07, 6.45) is -5.56. The van der Waals surface area contributed by atoms with Crippen LogP contribution in [0.15, 0.2) is 124 Å². The smallest absolute Gasteiger partial charge is 0.431 e. The minimum absolute atomic E-state index is 0.0281. The van der Waals surface area contributed by atoms with E-state index in [-0.39, 0.29) is 37.7 Å². The van der Waals surface area contributed by atoms with Crippen molar-refractivity contribution in [3.63, 3.8) is 0 Å². The molecule has 4 aromatic carbocycles. The van der Waals surface area contributed by atoms with Crippen molar-refractivity contribution in [1.82, 2.24) is 19.5 Å². The fourth-order valence-electron chi connectivity index (χ4n) is 6.25. The molecule has 1 atom stereocenters. The van der Waals surface area contributed by atoms with Crippen molar-refractivity contribution in [2.24, 2.45) is 12.0 Å². The lowest BCUT2D eigenvalue weighted by Gasteiger charge is -2.35. The van der Waals surface area contributed by atoms with Crippen LogP contribution in [0.4, 0.5) is 23.2 Å². The summed E-state index contributed by atoms with van der Waals surface area (Å²) >= 11 is 7.06. The van der Waals surface area contributed by atoms with Gasteiger partial charge in [0.25, 0.3) is 5.56 Å². The molecule has 1 aromatic heterocycles. The highest BCUT2D eigenvalue weighted by molar-refractivity contribution is 8.15. The van der Waals surface area contributed by atoms with Crippen molar-refractivity contribution in [3.05, 3.63) is 163 Å². The molecule has 2 heterocycles. The number of aliphatic imine (C=N–C) groups is 1. The van der Waals surface area contributed by atoms with E-state index < -0.39 is 76.2 Å². The average Bonchev–Trinajstić information content (AvgIpc) is 3.47. The molecule has 0 bridgehead atoms. The Labute approximate surface area is 336 Å². The molecule has 1 N–H and O–H groups in total. The largest absolute Gasteiger partial charge is 0.465 e. The van der Waals surface area contributed by atoms with Crippen LogP contribution in [0.2, 0.25) is 5.02 Å². The summed E-state index contributed by atoms with van der Waals surface area (Å²) < 4.78 is 61.0. The number of alkyl halides is 3. The van der Waals surface area contributed by atoms with E-state index in [1.807, 2.05) is 91.0 Å². The zero-order valence-corrected chi connectivity index (χ0v) is 32.1. The van der Waals surface area contributed by atoms with Gasteiger partial charge in [0, 0.05) is 19.5 Å². The van der Waals surface area contributed by atoms with Crippen molar-refractivity contribution >= 4 is 52.0 Å². The molecular formula is C40H32ClF4N5O7S. The van der Waals surface area contributed by atoms with Gasteiger partial charge in [-0.3, -0.25) is 33.5 Å². The van der Waals surface area contributed by atoms with Gasteiger partial charge in [0.1, 0.15) is 23.3 Å². The maximum absolute atomic E-state index is 15.3. The lowest BCUT2D eigenvalue weighted by Crippen LogP contribution is -2.42. The van der Waals surface area contributed by atoms with Crippen LogP contribution in [0.5, 0.6) is 0 Å². The van der Waals surface area contributed by atoms with E-state index in [9.17, 15) is 37.1 Å². The van der Waals surface area contributed by atoms with Gasteiger partial charge in [-0.05, 0) is 35.7 Å². The van der Waals surface area contributed by atoms with Gasteiger partial charge in [0.2, 0.25) is 11.8 Å². The van der Waals surface area contributed by atoms with Gasteiger partial charge in [-0.25, -0.2) is 24.2 Å². The van der Waals surface area contributed by atoms with E-state index >= 15 is 4.39 Å². The number of hydrogen-bond acceptors (Lipinski definition) is 9. The molecule has 0 radical (unpaired) electrons. The van der Waals surface area contributed by atoms with E-state index in [4.69, 9.17) is 21.2 Å². The Morgan fingerprint density at radius 3 is 1.95 bits per heavy atom. The Morgan fingerprint density at radius 2 is 1.43 bits per heavy atom. The van der Waals surface area contributed by atoms with E-state index in [0.717, 1.165) is 29.8 Å². The lowest BCUT2D eigenvalue weighted by atomic mass is 9.80. The molecule has 1 aliphatic rings. The number of hydroxylamine groups is 1. The van der Waals surface area contributed by atoms with Crippen LogP contribution in [-0.4, -0.2) is 55.4 Å². The second-order valence-electron chi connectivity index (χ2n) is 12.6. The third-order valence-electron chi connectivity index (χ3n) is 8.93. The number of benzene rings is 4. The van der Waals surface area contributed by atoms with Gasteiger partial charge in [-0.2, -0.15) is 13.2 Å². The highest BCUT2D eigenvalue weighted by atomic mass is 35.5. The number of ether oxygens (including phenoxy) is 1. The topological polar surface area (TPSA) is 141 Å². The number of hydrogen-bond donors (Lipinski definition) is 1. The van der Waals surface area contributed by atoms with Crippen LogP contribution in [0.3, 0.4) is 0 Å². The molecule has 0 aliphatic carbocycles. The summed E-state index contributed by atoms with van der Waals surface area (Å²) in [7, 11) is 0.760.